The van der Waals surface area contributed by atoms with Crippen LogP contribution in [0.5, 0.6) is 0 Å². The van der Waals surface area contributed by atoms with Crippen LogP contribution in [0.15, 0.2) is 48.0 Å². The molecule has 0 aliphatic heterocycles. The third-order valence-corrected chi connectivity index (χ3v) is 6.30. The van der Waals surface area contributed by atoms with Gasteiger partial charge < -0.3 is 0 Å². The van der Waals surface area contributed by atoms with Gasteiger partial charge in [-0.1, -0.05) is 57.8 Å². The first-order chi connectivity index (χ1) is 13.0. The van der Waals surface area contributed by atoms with Gasteiger partial charge in [0, 0.05) is 30.3 Å². The number of benzene rings is 4. The minimum absolute atomic E-state index is 0. The van der Waals surface area contributed by atoms with Gasteiger partial charge in [-0.25, -0.2) is 0 Å². The summed E-state index contributed by atoms with van der Waals surface area (Å²) >= 11 is 1.72. The average Bonchev–Trinajstić information content (AvgIpc) is 3.11. The molecule has 1 heterocycles. The Morgan fingerprint density at radius 1 is 0.857 bits per heavy atom. The standard InChI is InChI=1S/C25H20NS.Ir/c1-14-8-9-18-21(12-14)23-19(22-16(3)10-15(2)11-17(22)4)6-5-7-20(23)24-25(18)27-13-26-24;/h5-6,8-13H,1-4H3;/q-1;. The molecule has 0 atom stereocenters. The molecular weight excluding hydrogens is 539 g/mol. The average molecular weight is 559 g/mol. The van der Waals surface area contributed by atoms with Gasteiger partial charge >= 0.3 is 0 Å². The normalized spacial score (nSPS) is 11.3. The van der Waals surface area contributed by atoms with Crippen LogP contribution in [0.3, 0.4) is 0 Å². The van der Waals surface area contributed by atoms with E-state index in [1.165, 1.54) is 54.2 Å². The molecule has 0 aliphatic rings. The Kier molecular flexibility index (Phi) is 4.87. The maximum absolute atomic E-state index is 4.70. The van der Waals surface area contributed by atoms with Crippen LogP contribution in [0.4, 0.5) is 0 Å². The molecule has 1 nitrogen and oxygen atoms in total. The summed E-state index contributed by atoms with van der Waals surface area (Å²) in [5.74, 6) is 0. The van der Waals surface area contributed by atoms with Crippen LogP contribution >= 0.6 is 11.3 Å². The molecule has 0 fully saturated rings. The van der Waals surface area contributed by atoms with Crippen molar-refractivity contribution in [2.75, 3.05) is 0 Å². The molecule has 0 bridgehead atoms. The van der Waals surface area contributed by atoms with Crippen LogP contribution in [-0.4, -0.2) is 4.98 Å². The van der Waals surface area contributed by atoms with E-state index in [9.17, 15) is 0 Å². The number of nitrogens with zero attached hydrogens (tertiary/aromatic N) is 1. The SMILES string of the molecule is Cc1cc(C)c(-c2cc[c-]c3c4ncsc4c4ccc(C)cc4c23)c(C)c1.[Ir]. The van der Waals surface area contributed by atoms with Crippen LogP contribution in [0.1, 0.15) is 22.3 Å². The van der Waals surface area contributed by atoms with Gasteiger partial charge in [0.1, 0.15) is 0 Å². The maximum atomic E-state index is 4.70. The van der Waals surface area contributed by atoms with E-state index in [-0.39, 0.29) is 20.1 Å². The monoisotopic (exact) mass is 559 g/mol. The molecule has 0 N–H and O–H groups in total. The van der Waals surface area contributed by atoms with E-state index >= 15 is 0 Å². The van der Waals surface area contributed by atoms with Crippen molar-refractivity contribution < 1.29 is 20.1 Å². The van der Waals surface area contributed by atoms with Crippen LogP contribution in [-0.2, 0) is 20.1 Å². The Balaban J connectivity index is 0.00000192. The third-order valence-electron chi connectivity index (χ3n) is 5.44. The fourth-order valence-corrected chi connectivity index (χ4v) is 5.29. The summed E-state index contributed by atoms with van der Waals surface area (Å²) in [4.78, 5) is 4.70. The quantitative estimate of drug-likeness (QED) is 0.155. The van der Waals surface area contributed by atoms with E-state index in [0.29, 0.717) is 0 Å². The van der Waals surface area contributed by atoms with E-state index in [1.54, 1.807) is 11.3 Å². The molecule has 1 radical (unpaired) electrons. The molecule has 0 amide bonds. The predicted molar refractivity (Wildman–Crippen MR) is 118 cm³/mol. The van der Waals surface area contributed by atoms with Gasteiger partial charge in [-0.2, -0.15) is 0 Å². The van der Waals surface area contributed by atoms with Crippen molar-refractivity contribution in [1.82, 2.24) is 4.98 Å². The smallest absolute Gasteiger partial charge is 0.0683 e. The molecular formula is C25H20IrNS-. The zero-order valence-corrected chi connectivity index (χ0v) is 19.5. The number of thiazole rings is 1. The zero-order chi connectivity index (χ0) is 18.7. The van der Waals surface area contributed by atoms with E-state index in [0.717, 1.165) is 10.9 Å². The number of hydrogen-bond acceptors (Lipinski definition) is 2. The van der Waals surface area contributed by atoms with Crippen molar-refractivity contribution in [3.63, 3.8) is 0 Å². The Labute approximate surface area is 182 Å². The number of aryl methyl sites for hydroxylation is 4. The Morgan fingerprint density at radius 2 is 1.61 bits per heavy atom. The summed E-state index contributed by atoms with van der Waals surface area (Å²) in [5.41, 5.74) is 10.9. The van der Waals surface area contributed by atoms with Crippen LogP contribution in [0, 0.1) is 33.8 Å². The van der Waals surface area contributed by atoms with Crippen molar-refractivity contribution >= 4 is 43.1 Å². The second-order valence-corrected chi connectivity index (χ2v) is 8.35. The molecule has 1 aromatic heterocycles. The molecule has 5 rings (SSSR count). The van der Waals surface area contributed by atoms with Crippen molar-refractivity contribution in [3.05, 3.63) is 76.3 Å². The van der Waals surface area contributed by atoms with Crippen molar-refractivity contribution in [2.45, 2.75) is 27.7 Å². The van der Waals surface area contributed by atoms with Gasteiger partial charge in [0.05, 0.1) is 5.51 Å². The van der Waals surface area contributed by atoms with Gasteiger partial charge in [-0.05, 0) is 49.8 Å². The maximum Gasteiger partial charge on any atom is 0.0683 e. The van der Waals surface area contributed by atoms with Crippen molar-refractivity contribution in [2.24, 2.45) is 0 Å². The summed E-state index contributed by atoms with van der Waals surface area (Å²) in [5, 5.41) is 4.98. The summed E-state index contributed by atoms with van der Waals surface area (Å²) < 4.78 is 1.25. The second-order valence-electron chi connectivity index (χ2n) is 7.49. The van der Waals surface area contributed by atoms with Crippen molar-refractivity contribution in [1.29, 1.82) is 0 Å². The molecule has 141 valence electrons. The third kappa shape index (κ3) is 2.81. The van der Waals surface area contributed by atoms with E-state index in [4.69, 9.17) is 4.98 Å². The first-order valence-corrected chi connectivity index (χ1v) is 10.1. The molecule has 5 aromatic rings. The first kappa shape index (κ1) is 19.3. The predicted octanol–water partition coefficient (Wildman–Crippen LogP) is 7.30. The Bertz CT molecular complexity index is 1340. The van der Waals surface area contributed by atoms with Crippen LogP contribution < -0.4 is 0 Å². The van der Waals surface area contributed by atoms with E-state index in [1.807, 2.05) is 5.51 Å². The fraction of sp³-hybridized carbons (Fsp3) is 0.160. The van der Waals surface area contributed by atoms with Gasteiger partial charge in [0.15, 0.2) is 0 Å². The molecule has 0 aliphatic carbocycles. The van der Waals surface area contributed by atoms with Crippen LogP contribution in [0.2, 0.25) is 0 Å². The van der Waals surface area contributed by atoms with Gasteiger partial charge in [0.25, 0.3) is 0 Å². The number of hydrogen-bond donors (Lipinski definition) is 0. The molecule has 0 saturated heterocycles. The van der Waals surface area contributed by atoms with Crippen LogP contribution in [0.25, 0.3) is 42.9 Å². The second kappa shape index (κ2) is 7.08. The number of rotatable bonds is 1. The Hall–Kier alpha value is -2.06. The van der Waals surface area contributed by atoms with Gasteiger partial charge in [0.2, 0.25) is 0 Å². The van der Waals surface area contributed by atoms with E-state index in [2.05, 4.69) is 76.2 Å². The Morgan fingerprint density at radius 3 is 2.36 bits per heavy atom. The summed E-state index contributed by atoms with van der Waals surface area (Å²) in [6.07, 6.45) is 0. The zero-order valence-electron chi connectivity index (χ0n) is 16.3. The minimum Gasteiger partial charge on any atom is -0.293 e. The topological polar surface area (TPSA) is 12.9 Å². The molecule has 0 spiro atoms. The summed E-state index contributed by atoms with van der Waals surface area (Å²) in [7, 11) is 0. The molecule has 0 saturated carbocycles. The van der Waals surface area contributed by atoms with E-state index < -0.39 is 0 Å². The fourth-order valence-electron chi connectivity index (χ4n) is 4.46. The number of aromatic nitrogens is 1. The number of fused-ring (bicyclic) bond motifs is 6. The molecule has 4 aromatic carbocycles. The largest absolute Gasteiger partial charge is 0.293 e. The minimum atomic E-state index is 0. The molecule has 28 heavy (non-hydrogen) atoms. The van der Waals surface area contributed by atoms with Crippen molar-refractivity contribution in [3.8, 4) is 11.1 Å². The summed E-state index contributed by atoms with van der Waals surface area (Å²) in [6, 6.07) is 19.1. The molecule has 3 heteroatoms. The first-order valence-electron chi connectivity index (χ1n) is 9.23. The summed E-state index contributed by atoms with van der Waals surface area (Å²) in [6.45, 7) is 8.76. The molecule has 0 unspecified atom stereocenters. The van der Waals surface area contributed by atoms with Gasteiger partial charge in [-0.3, -0.25) is 4.98 Å². The van der Waals surface area contributed by atoms with Gasteiger partial charge in [-0.15, -0.1) is 34.9 Å².